The number of benzene rings is 1. The Balaban J connectivity index is 1.59. The number of H-pyrrole nitrogens is 1. The maximum Gasteiger partial charge on any atom is 0.417 e. The first-order valence-electron chi connectivity index (χ1n) is 11.4. The number of ether oxygens (including phenoxy) is 1. The molecule has 0 aliphatic carbocycles. The smallest absolute Gasteiger partial charge is 0.417 e. The largest absolute Gasteiger partial charge is 0.508 e. The zero-order valence-corrected chi connectivity index (χ0v) is 20.4. The van der Waals surface area contributed by atoms with Crippen LogP contribution in [0, 0.1) is 0 Å². The van der Waals surface area contributed by atoms with Gasteiger partial charge in [0, 0.05) is 42.3 Å². The highest BCUT2D eigenvalue weighted by atomic mass is 35.5. The number of nitrogens with zero attached hydrogens (tertiary/aromatic N) is 2. The van der Waals surface area contributed by atoms with Gasteiger partial charge in [0.2, 0.25) is 0 Å². The van der Waals surface area contributed by atoms with Crippen LogP contribution in [0.4, 0.5) is 13.2 Å². The summed E-state index contributed by atoms with van der Waals surface area (Å²) < 4.78 is 48.0. The Morgan fingerprint density at radius 2 is 1.83 bits per heavy atom. The van der Waals surface area contributed by atoms with Crippen molar-refractivity contribution < 1.29 is 28.1 Å². The van der Waals surface area contributed by atoms with E-state index in [1.165, 1.54) is 18.2 Å². The molecule has 0 saturated carbocycles. The van der Waals surface area contributed by atoms with Gasteiger partial charge in [0.05, 0.1) is 29.9 Å². The molecule has 1 fully saturated rings. The van der Waals surface area contributed by atoms with Crippen molar-refractivity contribution in [3.05, 3.63) is 58.4 Å². The Labute approximate surface area is 206 Å². The number of hydrogen-bond acceptors (Lipinski definition) is 5. The van der Waals surface area contributed by atoms with Crippen LogP contribution in [0.15, 0.2) is 36.4 Å². The number of phenolic OH excluding ortho intramolecular Hbond substituents is 1. The van der Waals surface area contributed by atoms with Crippen LogP contribution in [0.5, 0.6) is 5.75 Å². The quantitative estimate of drug-likeness (QED) is 0.418. The Bertz CT molecular complexity index is 1190. The van der Waals surface area contributed by atoms with Gasteiger partial charge in [-0.1, -0.05) is 25.4 Å². The minimum Gasteiger partial charge on any atom is -0.508 e. The SMILES string of the molecule is CC(C)(CC(O)(Cc1cc2nc(CN3CCOCC3)ccc2[nH]1)C(F)(F)F)c1cc(Cl)ccc1O. The summed E-state index contributed by atoms with van der Waals surface area (Å²) in [6.07, 6.45) is -6.27. The Hall–Kier alpha value is -2.33. The van der Waals surface area contributed by atoms with Crippen LogP contribution < -0.4 is 0 Å². The Morgan fingerprint density at radius 1 is 1.11 bits per heavy atom. The first-order valence-corrected chi connectivity index (χ1v) is 11.8. The van der Waals surface area contributed by atoms with E-state index in [4.69, 9.17) is 16.3 Å². The number of aromatic amines is 1. The number of halogens is 4. The zero-order chi connectivity index (χ0) is 25.4. The molecule has 6 nitrogen and oxygen atoms in total. The molecule has 1 aliphatic rings. The molecule has 0 amide bonds. The van der Waals surface area contributed by atoms with Crippen molar-refractivity contribution in [2.75, 3.05) is 26.3 Å². The summed E-state index contributed by atoms with van der Waals surface area (Å²) in [6, 6.07) is 9.41. The van der Waals surface area contributed by atoms with E-state index in [0.717, 1.165) is 18.8 Å². The summed E-state index contributed by atoms with van der Waals surface area (Å²) in [5.41, 5.74) is -1.87. The second-order valence-electron chi connectivity index (χ2n) is 9.85. The standard InChI is InChI=1S/C25H29ClF3N3O3/c1-23(2,19-11-16(26)3-6-22(19)33)15-24(34,25(27,28)29)13-18-12-21-20(31-18)5-4-17(30-21)14-32-7-9-35-10-8-32/h3-6,11-12,31,33-34H,7-10,13-15H2,1-2H3. The number of phenols is 1. The molecule has 3 aromatic rings. The summed E-state index contributed by atoms with van der Waals surface area (Å²) in [6.45, 7) is 6.64. The van der Waals surface area contributed by atoms with Crippen LogP contribution in [0.1, 0.15) is 37.2 Å². The van der Waals surface area contributed by atoms with Gasteiger partial charge in [-0.15, -0.1) is 0 Å². The number of hydrogen-bond donors (Lipinski definition) is 3. The van der Waals surface area contributed by atoms with Crippen molar-refractivity contribution in [1.29, 1.82) is 0 Å². The molecule has 35 heavy (non-hydrogen) atoms. The molecule has 0 bridgehead atoms. The summed E-state index contributed by atoms with van der Waals surface area (Å²) in [5.74, 6) is -0.175. The van der Waals surface area contributed by atoms with Crippen LogP contribution >= 0.6 is 11.6 Å². The van der Waals surface area contributed by atoms with Gasteiger partial charge in [-0.25, -0.2) is 4.98 Å². The van der Waals surface area contributed by atoms with Gasteiger partial charge in [0.15, 0.2) is 5.60 Å². The lowest BCUT2D eigenvalue weighted by Crippen LogP contribution is -2.50. The number of pyridine rings is 1. The molecule has 2 aromatic heterocycles. The predicted molar refractivity (Wildman–Crippen MR) is 128 cm³/mol. The molecule has 3 N–H and O–H groups in total. The first kappa shape index (κ1) is 25.8. The van der Waals surface area contributed by atoms with E-state index >= 15 is 0 Å². The van der Waals surface area contributed by atoms with Crippen LogP contribution in [-0.4, -0.2) is 63.2 Å². The summed E-state index contributed by atoms with van der Waals surface area (Å²) in [5, 5.41) is 21.5. The minimum absolute atomic E-state index is 0.175. The topological polar surface area (TPSA) is 81.6 Å². The van der Waals surface area contributed by atoms with E-state index < -0.39 is 30.0 Å². The highest BCUT2D eigenvalue weighted by Gasteiger charge is 2.56. The number of fused-ring (bicyclic) bond motifs is 1. The van der Waals surface area contributed by atoms with E-state index in [2.05, 4.69) is 14.9 Å². The number of nitrogens with one attached hydrogen (secondary N) is 1. The van der Waals surface area contributed by atoms with Gasteiger partial charge in [-0.2, -0.15) is 13.2 Å². The monoisotopic (exact) mass is 511 g/mol. The molecule has 1 unspecified atom stereocenters. The first-order chi connectivity index (χ1) is 16.4. The molecule has 0 radical (unpaired) electrons. The number of aliphatic hydroxyl groups is 1. The van der Waals surface area contributed by atoms with E-state index in [0.29, 0.717) is 30.8 Å². The summed E-state index contributed by atoms with van der Waals surface area (Å²) in [7, 11) is 0. The van der Waals surface area contributed by atoms with Gasteiger partial charge >= 0.3 is 6.18 Å². The molecular formula is C25H29ClF3N3O3. The fourth-order valence-electron chi connectivity index (χ4n) is 4.73. The van der Waals surface area contributed by atoms with Gasteiger partial charge in [0.25, 0.3) is 0 Å². The van der Waals surface area contributed by atoms with Gasteiger partial charge < -0.3 is 19.9 Å². The summed E-state index contributed by atoms with van der Waals surface area (Å²) in [4.78, 5) is 9.78. The van der Waals surface area contributed by atoms with E-state index in [9.17, 15) is 23.4 Å². The second-order valence-corrected chi connectivity index (χ2v) is 10.3. The van der Waals surface area contributed by atoms with Crippen molar-refractivity contribution in [3.63, 3.8) is 0 Å². The fraction of sp³-hybridized carbons (Fsp3) is 0.480. The van der Waals surface area contributed by atoms with E-state index in [1.807, 2.05) is 6.07 Å². The predicted octanol–water partition coefficient (Wildman–Crippen LogP) is 4.96. The molecule has 10 heteroatoms. The Morgan fingerprint density at radius 3 is 2.51 bits per heavy atom. The number of morpholine rings is 1. The van der Waals surface area contributed by atoms with Crippen LogP contribution in [0.2, 0.25) is 5.02 Å². The summed E-state index contributed by atoms with van der Waals surface area (Å²) >= 11 is 6.02. The van der Waals surface area contributed by atoms with E-state index in [1.54, 1.807) is 26.0 Å². The third-order valence-corrected chi connectivity index (χ3v) is 6.75. The lowest BCUT2D eigenvalue weighted by atomic mass is 9.73. The lowest BCUT2D eigenvalue weighted by molar-refractivity contribution is -0.266. The Kier molecular flexibility index (Phi) is 7.07. The maximum atomic E-state index is 14.2. The lowest BCUT2D eigenvalue weighted by Gasteiger charge is -2.38. The van der Waals surface area contributed by atoms with Gasteiger partial charge in [0.1, 0.15) is 5.75 Å². The van der Waals surface area contributed by atoms with Crippen molar-refractivity contribution in [3.8, 4) is 5.75 Å². The molecule has 1 aromatic carbocycles. The molecule has 3 heterocycles. The highest BCUT2D eigenvalue weighted by molar-refractivity contribution is 6.30. The molecule has 4 rings (SSSR count). The van der Waals surface area contributed by atoms with Crippen LogP contribution in [0.25, 0.3) is 11.0 Å². The van der Waals surface area contributed by atoms with Crippen molar-refractivity contribution in [2.24, 2.45) is 0 Å². The zero-order valence-electron chi connectivity index (χ0n) is 19.6. The number of alkyl halides is 3. The number of rotatable bonds is 7. The molecule has 190 valence electrons. The fourth-order valence-corrected chi connectivity index (χ4v) is 4.91. The maximum absolute atomic E-state index is 14.2. The molecular weight excluding hydrogens is 483 g/mol. The normalized spacial score (nSPS) is 17.6. The van der Waals surface area contributed by atoms with Gasteiger partial charge in [-0.3, -0.25) is 4.90 Å². The van der Waals surface area contributed by atoms with Gasteiger partial charge in [-0.05, 0) is 48.2 Å². The minimum atomic E-state index is -4.91. The molecule has 0 spiro atoms. The average Bonchev–Trinajstić information content (AvgIpc) is 3.16. The third-order valence-electron chi connectivity index (χ3n) is 6.51. The van der Waals surface area contributed by atoms with Crippen LogP contribution in [0.3, 0.4) is 0 Å². The van der Waals surface area contributed by atoms with E-state index in [-0.39, 0.29) is 22.0 Å². The second kappa shape index (κ2) is 9.61. The molecule has 1 aliphatic heterocycles. The van der Waals surface area contributed by atoms with Crippen molar-refractivity contribution in [1.82, 2.24) is 14.9 Å². The highest BCUT2D eigenvalue weighted by Crippen LogP contribution is 2.45. The number of aromatic nitrogens is 2. The molecule has 1 saturated heterocycles. The average molecular weight is 512 g/mol. The van der Waals surface area contributed by atoms with Crippen LogP contribution in [-0.2, 0) is 23.1 Å². The third kappa shape index (κ3) is 5.74. The molecule has 1 atom stereocenters. The van der Waals surface area contributed by atoms with Crippen molar-refractivity contribution in [2.45, 2.75) is 50.4 Å². The van der Waals surface area contributed by atoms with Crippen molar-refractivity contribution >= 4 is 22.6 Å². The number of aromatic hydroxyl groups is 1.